The van der Waals surface area contributed by atoms with Crippen molar-refractivity contribution in [3.05, 3.63) is 63.5 Å². The summed E-state index contributed by atoms with van der Waals surface area (Å²) in [5, 5.41) is 30.0. The van der Waals surface area contributed by atoms with Gasteiger partial charge in [0.25, 0.3) is 16.7 Å². The van der Waals surface area contributed by atoms with Gasteiger partial charge in [-0.1, -0.05) is 0 Å². The summed E-state index contributed by atoms with van der Waals surface area (Å²) in [6.07, 6.45) is 0.322. The Labute approximate surface area is 177 Å². The summed E-state index contributed by atoms with van der Waals surface area (Å²) in [7, 11) is 4.57. The maximum atomic E-state index is 13.7. The molecule has 0 saturated heterocycles. The van der Waals surface area contributed by atoms with Gasteiger partial charge in [0, 0.05) is 19.4 Å². The molecule has 3 aromatic rings. The number of hydrogen-bond donors (Lipinski definition) is 1. The van der Waals surface area contributed by atoms with Gasteiger partial charge in [-0.15, -0.1) is 0 Å². The van der Waals surface area contributed by atoms with Crippen molar-refractivity contribution in [3.63, 3.8) is 0 Å². The van der Waals surface area contributed by atoms with Crippen molar-refractivity contribution in [2.24, 2.45) is 5.10 Å². The Hall–Kier alpha value is -3.82. The molecule has 0 aliphatic carbocycles. The lowest BCUT2D eigenvalue weighted by Crippen LogP contribution is -2.46. The Bertz CT molecular complexity index is 1190. The van der Waals surface area contributed by atoms with Gasteiger partial charge < -0.3 is 30.1 Å². The first-order valence-corrected chi connectivity index (χ1v) is 9.46. The lowest BCUT2D eigenvalue weighted by Gasteiger charge is -2.17. The van der Waals surface area contributed by atoms with Gasteiger partial charge in [0.15, 0.2) is 11.5 Å². The second-order valence-electron chi connectivity index (χ2n) is 7.06. The van der Waals surface area contributed by atoms with E-state index < -0.39 is 5.82 Å². The second-order valence-corrected chi connectivity index (χ2v) is 7.06. The molecule has 1 aliphatic rings. The van der Waals surface area contributed by atoms with E-state index in [1.807, 2.05) is 0 Å². The van der Waals surface area contributed by atoms with Gasteiger partial charge in [-0.2, -0.15) is 14.6 Å². The van der Waals surface area contributed by atoms with Crippen LogP contribution in [0.4, 0.5) is 4.39 Å². The number of hydrogen-bond acceptors (Lipinski definition) is 7. The quantitative estimate of drug-likeness (QED) is 0.492. The summed E-state index contributed by atoms with van der Waals surface area (Å²) in [6.45, 7) is 1.54. The molecule has 2 aromatic carbocycles. The van der Waals surface area contributed by atoms with Crippen LogP contribution < -0.4 is 29.1 Å². The van der Waals surface area contributed by atoms with Crippen LogP contribution in [0.3, 0.4) is 0 Å². The second kappa shape index (κ2) is 7.78. The number of aromatic nitrogens is 2. The number of ether oxygens (including phenoxy) is 3. The SMILES string of the molecule is COc1cc(C2CC(c3c(C)[n+]([O-])c4ccc(F)cc4[n+]3[O-])=NN2)cc(OC)c1OC. The molecule has 0 fully saturated rings. The largest absolute Gasteiger partial charge is 0.618 e. The van der Waals surface area contributed by atoms with Crippen LogP contribution in [0.15, 0.2) is 35.4 Å². The molecule has 162 valence electrons. The van der Waals surface area contributed by atoms with Gasteiger partial charge in [0.05, 0.1) is 33.4 Å². The lowest BCUT2D eigenvalue weighted by atomic mass is 9.99. The zero-order valence-electron chi connectivity index (χ0n) is 17.4. The normalized spacial score (nSPS) is 15.5. The van der Waals surface area contributed by atoms with Gasteiger partial charge in [0.1, 0.15) is 11.5 Å². The first-order chi connectivity index (χ1) is 14.9. The molecule has 1 unspecified atom stereocenters. The van der Waals surface area contributed by atoms with Gasteiger partial charge in [0.2, 0.25) is 5.75 Å². The molecule has 1 atom stereocenters. The first kappa shape index (κ1) is 20.5. The van der Waals surface area contributed by atoms with Gasteiger partial charge in [-0.05, 0) is 23.8 Å². The van der Waals surface area contributed by atoms with Crippen LogP contribution in [0.1, 0.15) is 29.4 Å². The third-order valence-corrected chi connectivity index (χ3v) is 5.34. The molecule has 2 heterocycles. The van der Waals surface area contributed by atoms with Gasteiger partial charge in [-0.3, -0.25) is 0 Å². The minimum Gasteiger partial charge on any atom is -0.618 e. The lowest BCUT2D eigenvalue weighted by molar-refractivity contribution is -0.634. The molecule has 0 spiro atoms. The Morgan fingerprint density at radius 1 is 1.00 bits per heavy atom. The number of nitrogens with zero attached hydrogens (tertiary/aromatic N) is 3. The Morgan fingerprint density at radius 3 is 2.29 bits per heavy atom. The van der Waals surface area contributed by atoms with Crippen molar-refractivity contribution in [2.75, 3.05) is 21.3 Å². The molecule has 0 amide bonds. The topological polar surface area (TPSA) is 106 Å². The summed E-state index contributed by atoms with van der Waals surface area (Å²) in [5.74, 6) is 0.834. The van der Waals surface area contributed by atoms with Crippen LogP contribution in [0, 0.1) is 23.2 Å². The maximum absolute atomic E-state index is 13.7. The highest BCUT2D eigenvalue weighted by atomic mass is 19.1. The fourth-order valence-corrected chi connectivity index (χ4v) is 3.79. The first-order valence-electron chi connectivity index (χ1n) is 9.46. The van der Waals surface area contributed by atoms with Crippen molar-refractivity contribution in [2.45, 2.75) is 19.4 Å². The monoisotopic (exact) mass is 428 g/mol. The van der Waals surface area contributed by atoms with Crippen LogP contribution in [-0.4, -0.2) is 27.0 Å². The van der Waals surface area contributed by atoms with E-state index in [1.165, 1.54) is 34.3 Å². The smallest absolute Gasteiger partial charge is 0.309 e. The maximum Gasteiger partial charge on any atom is 0.309 e. The Balaban J connectivity index is 1.74. The predicted octanol–water partition coefficient (Wildman–Crippen LogP) is 2.02. The van der Waals surface area contributed by atoms with Crippen LogP contribution >= 0.6 is 0 Å². The predicted molar refractivity (Wildman–Crippen MR) is 110 cm³/mol. The van der Waals surface area contributed by atoms with Crippen LogP contribution in [0.2, 0.25) is 0 Å². The van der Waals surface area contributed by atoms with E-state index in [9.17, 15) is 14.8 Å². The molecule has 0 radical (unpaired) electrons. The minimum atomic E-state index is -0.603. The summed E-state index contributed by atoms with van der Waals surface area (Å²) in [6, 6.07) is 6.75. The number of nitrogens with one attached hydrogen (secondary N) is 1. The van der Waals surface area contributed by atoms with Crippen LogP contribution in [-0.2, 0) is 0 Å². The molecular formula is C21H21FN4O5. The van der Waals surface area contributed by atoms with Crippen molar-refractivity contribution in [1.82, 2.24) is 5.43 Å². The van der Waals surface area contributed by atoms with Crippen molar-refractivity contribution in [3.8, 4) is 17.2 Å². The number of benzene rings is 2. The van der Waals surface area contributed by atoms with E-state index in [4.69, 9.17) is 14.2 Å². The molecular weight excluding hydrogens is 407 g/mol. The summed E-state index contributed by atoms with van der Waals surface area (Å²) in [5.41, 5.74) is 4.48. The number of hydrazone groups is 1. The van der Waals surface area contributed by atoms with Crippen molar-refractivity contribution in [1.29, 1.82) is 0 Å². The molecule has 1 aliphatic heterocycles. The molecule has 4 rings (SSSR count). The molecule has 9 nitrogen and oxygen atoms in total. The van der Waals surface area contributed by atoms with Crippen LogP contribution in [0.5, 0.6) is 17.2 Å². The van der Waals surface area contributed by atoms with E-state index >= 15 is 0 Å². The fraction of sp³-hybridized carbons (Fsp3) is 0.286. The third kappa shape index (κ3) is 3.29. The molecule has 0 saturated carbocycles. The zero-order chi connectivity index (χ0) is 22.3. The van der Waals surface area contributed by atoms with Gasteiger partial charge in [-0.25, -0.2) is 4.39 Å². The molecule has 0 bridgehead atoms. The van der Waals surface area contributed by atoms with Crippen molar-refractivity contribution >= 4 is 16.7 Å². The van der Waals surface area contributed by atoms with E-state index in [0.29, 0.717) is 38.8 Å². The summed E-state index contributed by atoms with van der Waals surface area (Å²) in [4.78, 5) is 0. The number of halogens is 1. The number of rotatable bonds is 5. The highest BCUT2D eigenvalue weighted by Crippen LogP contribution is 2.41. The van der Waals surface area contributed by atoms with Crippen molar-refractivity contribution < 1.29 is 28.1 Å². The van der Waals surface area contributed by atoms with Crippen LogP contribution in [0.25, 0.3) is 11.0 Å². The van der Waals surface area contributed by atoms with E-state index in [2.05, 4.69) is 10.5 Å². The minimum absolute atomic E-state index is 0.0606. The van der Waals surface area contributed by atoms with E-state index in [-0.39, 0.29) is 28.5 Å². The average Bonchev–Trinajstić information content (AvgIpc) is 3.26. The number of fused-ring (bicyclic) bond motifs is 1. The highest BCUT2D eigenvalue weighted by molar-refractivity contribution is 6.00. The zero-order valence-corrected chi connectivity index (χ0v) is 17.4. The van der Waals surface area contributed by atoms with Gasteiger partial charge >= 0.3 is 5.69 Å². The Morgan fingerprint density at radius 2 is 1.68 bits per heavy atom. The Kier molecular flexibility index (Phi) is 5.14. The average molecular weight is 428 g/mol. The van der Waals surface area contributed by atoms with E-state index in [0.717, 1.165) is 17.7 Å². The summed E-state index contributed by atoms with van der Waals surface area (Å²) < 4.78 is 31.0. The van der Waals surface area contributed by atoms with E-state index in [1.54, 1.807) is 12.1 Å². The standard InChI is InChI=1S/C21H21FN4O5/c1-11-20(26(28)17-9-13(22)5-6-16(17)25(11)27)15-10-14(23-24-15)12-7-18(29-2)21(31-4)19(8-12)30-3/h5-9,14,23H,10H2,1-4H3. The molecule has 1 N–H and O–H groups in total. The molecule has 31 heavy (non-hydrogen) atoms. The highest BCUT2D eigenvalue weighted by Gasteiger charge is 2.34. The molecule has 1 aromatic heterocycles. The molecule has 10 heteroatoms. The summed E-state index contributed by atoms with van der Waals surface area (Å²) >= 11 is 0. The number of methoxy groups -OCH3 is 3. The fourth-order valence-electron chi connectivity index (χ4n) is 3.79. The third-order valence-electron chi connectivity index (χ3n) is 5.34.